The van der Waals surface area contributed by atoms with Crippen LogP contribution in [0, 0.1) is 6.92 Å². The van der Waals surface area contributed by atoms with Crippen molar-refractivity contribution in [3.05, 3.63) is 30.1 Å². The van der Waals surface area contributed by atoms with Crippen LogP contribution < -0.4 is 63.2 Å². The van der Waals surface area contributed by atoms with Crippen molar-refractivity contribution >= 4 is 11.0 Å². The Morgan fingerprint density at radius 3 is 2.73 bits per heavy atom. The molecule has 0 bridgehead atoms. The summed E-state index contributed by atoms with van der Waals surface area (Å²) in [5.41, 5.74) is 1.97. The van der Waals surface area contributed by atoms with Crippen LogP contribution in [0.4, 0.5) is 0 Å². The van der Waals surface area contributed by atoms with E-state index in [0.717, 1.165) is 16.9 Å². The molecule has 0 aliphatic heterocycles. The minimum atomic E-state index is 0. The molecule has 1 aromatic carbocycles. The maximum atomic E-state index is 4.20. The van der Waals surface area contributed by atoms with Gasteiger partial charge in [-0.25, -0.2) is 0 Å². The van der Waals surface area contributed by atoms with E-state index < -0.39 is 0 Å². The molecule has 50 valence electrons. The first-order valence-corrected chi connectivity index (χ1v) is 3.22. The van der Waals surface area contributed by atoms with Gasteiger partial charge < -0.3 is 9.97 Å². The molecule has 0 unspecified atom stereocenters. The number of para-hydroxylation sites is 2. The Kier molecular flexibility index (Phi) is 3.43. The summed E-state index contributed by atoms with van der Waals surface area (Å²) in [6.45, 7) is 1.90. The first-order valence-electron chi connectivity index (χ1n) is 3.22. The molecule has 3 heteroatoms. The first-order chi connectivity index (χ1) is 4.86. The average Bonchev–Trinajstić information content (AvgIpc) is 2.27. The Balaban J connectivity index is 0.000000605. The Bertz CT molecular complexity index is 321. The van der Waals surface area contributed by atoms with E-state index in [-0.39, 0.29) is 58.2 Å². The predicted octanol–water partition coefficient (Wildman–Crippen LogP) is -1.50. The smallest absolute Gasteiger partial charge is 0.440 e. The second-order valence-electron chi connectivity index (χ2n) is 2.26. The summed E-state index contributed by atoms with van der Waals surface area (Å²) < 4.78 is 0. The number of nitrogens with zero attached hydrogens (tertiary/aromatic N) is 2. The zero-order valence-corrected chi connectivity index (χ0v) is 11.6. The second-order valence-corrected chi connectivity index (χ2v) is 2.26. The summed E-state index contributed by atoms with van der Waals surface area (Å²) in [6.07, 6.45) is 0. The number of fused-ring (bicyclic) bond motifs is 1. The molecular formula is C8H7N2Rb. The van der Waals surface area contributed by atoms with Gasteiger partial charge in [0.05, 0.1) is 0 Å². The molecule has 2 aromatic rings. The van der Waals surface area contributed by atoms with Gasteiger partial charge in [-0.3, -0.25) is 0 Å². The Labute approximate surface area is 114 Å². The second kappa shape index (κ2) is 3.94. The van der Waals surface area contributed by atoms with Crippen LogP contribution in [-0.4, -0.2) is 4.98 Å². The van der Waals surface area contributed by atoms with E-state index in [0.29, 0.717) is 0 Å². The molecule has 0 radical (unpaired) electrons. The quantitative estimate of drug-likeness (QED) is 0.536. The largest absolute Gasteiger partial charge is 1.00 e. The summed E-state index contributed by atoms with van der Waals surface area (Å²) in [5.74, 6) is 0.848. The van der Waals surface area contributed by atoms with E-state index in [2.05, 4.69) is 9.97 Å². The van der Waals surface area contributed by atoms with Crippen molar-refractivity contribution in [2.45, 2.75) is 6.92 Å². The van der Waals surface area contributed by atoms with Crippen LogP contribution in [0.5, 0.6) is 0 Å². The third kappa shape index (κ3) is 1.99. The van der Waals surface area contributed by atoms with Gasteiger partial charge in [-0.2, -0.15) is 0 Å². The molecule has 0 aliphatic carbocycles. The van der Waals surface area contributed by atoms with Crippen molar-refractivity contribution in [2.75, 3.05) is 0 Å². The van der Waals surface area contributed by atoms with Crippen molar-refractivity contribution in [3.63, 3.8) is 0 Å². The van der Waals surface area contributed by atoms with Gasteiger partial charge in [-0.1, -0.05) is 30.1 Å². The maximum Gasteiger partial charge on any atom is 1.00 e. The zero-order valence-electron chi connectivity index (χ0n) is 6.70. The number of aryl methyl sites for hydroxylation is 1. The number of imidazole rings is 1. The number of benzene rings is 1. The van der Waals surface area contributed by atoms with Crippen molar-refractivity contribution in [1.82, 2.24) is 9.97 Å². The Hall–Kier alpha value is 0.495. The minimum Gasteiger partial charge on any atom is -0.440 e. The number of hydrogen-bond acceptors (Lipinski definition) is 1. The molecule has 0 saturated carbocycles. The van der Waals surface area contributed by atoms with Crippen molar-refractivity contribution in [1.29, 1.82) is 0 Å². The molecule has 0 spiro atoms. The van der Waals surface area contributed by atoms with Crippen LogP contribution in [0.2, 0.25) is 0 Å². The van der Waals surface area contributed by atoms with Gasteiger partial charge in [0, 0.05) is 0 Å². The van der Waals surface area contributed by atoms with Crippen LogP contribution in [0.25, 0.3) is 11.0 Å². The molecule has 0 aliphatic rings. The predicted molar refractivity (Wildman–Crippen MR) is 39.8 cm³/mol. The molecule has 0 fully saturated rings. The van der Waals surface area contributed by atoms with E-state index in [9.17, 15) is 0 Å². The molecule has 0 N–H and O–H groups in total. The normalized spacial score (nSPS) is 9.55. The van der Waals surface area contributed by atoms with Crippen LogP contribution in [0.3, 0.4) is 0 Å². The molecule has 0 atom stereocenters. The van der Waals surface area contributed by atoms with E-state index in [1.54, 1.807) is 0 Å². The fourth-order valence-corrected chi connectivity index (χ4v) is 1.03. The van der Waals surface area contributed by atoms with Gasteiger partial charge >= 0.3 is 58.2 Å². The first kappa shape index (κ1) is 9.58. The molecule has 2 nitrogen and oxygen atoms in total. The zero-order chi connectivity index (χ0) is 6.97. The van der Waals surface area contributed by atoms with Gasteiger partial charge in [0.15, 0.2) is 0 Å². The molecule has 0 amide bonds. The van der Waals surface area contributed by atoms with Crippen LogP contribution in [-0.2, 0) is 0 Å². The van der Waals surface area contributed by atoms with Crippen LogP contribution in [0.15, 0.2) is 24.3 Å². The van der Waals surface area contributed by atoms with Crippen LogP contribution in [0.1, 0.15) is 5.82 Å². The summed E-state index contributed by atoms with van der Waals surface area (Å²) in [6, 6.07) is 7.87. The average molecular weight is 217 g/mol. The summed E-state index contributed by atoms with van der Waals surface area (Å²) in [7, 11) is 0. The Morgan fingerprint density at radius 2 is 2.00 bits per heavy atom. The standard InChI is InChI=1S/C8H7N2.Rb/c1-6-9-7-4-2-3-5-8(7)10-6;/h2-5H,1H3;/q-1;+1. The van der Waals surface area contributed by atoms with Gasteiger partial charge in [0.1, 0.15) is 0 Å². The number of hydrogen-bond donors (Lipinski definition) is 0. The molecule has 11 heavy (non-hydrogen) atoms. The van der Waals surface area contributed by atoms with E-state index in [1.807, 2.05) is 31.2 Å². The number of aromatic nitrogens is 2. The molecule has 2 rings (SSSR count). The SMILES string of the molecule is Cc1nc2ccccc2[n-]1.[Rb+]. The topological polar surface area (TPSA) is 27.0 Å². The van der Waals surface area contributed by atoms with E-state index in [1.165, 1.54) is 0 Å². The summed E-state index contributed by atoms with van der Waals surface area (Å²) in [4.78, 5) is 8.40. The van der Waals surface area contributed by atoms with Crippen molar-refractivity contribution < 1.29 is 58.2 Å². The molecule has 0 saturated heterocycles. The maximum absolute atomic E-state index is 4.20. The fraction of sp³-hybridized carbons (Fsp3) is 0.125. The van der Waals surface area contributed by atoms with Crippen molar-refractivity contribution in [2.24, 2.45) is 0 Å². The van der Waals surface area contributed by atoms with Crippen LogP contribution >= 0.6 is 0 Å². The third-order valence-electron chi connectivity index (χ3n) is 1.45. The molecular weight excluding hydrogens is 210 g/mol. The van der Waals surface area contributed by atoms with Gasteiger partial charge in [-0.15, -0.1) is 0 Å². The Morgan fingerprint density at radius 1 is 1.27 bits per heavy atom. The third-order valence-corrected chi connectivity index (χ3v) is 1.45. The van der Waals surface area contributed by atoms with E-state index >= 15 is 0 Å². The summed E-state index contributed by atoms with van der Waals surface area (Å²) in [5, 5.41) is 0. The monoisotopic (exact) mass is 216 g/mol. The van der Waals surface area contributed by atoms with Gasteiger partial charge in [0.2, 0.25) is 0 Å². The molecule has 1 heterocycles. The summed E-state index contributed by atoms with van der Waals surface area (Å²) >= 11 is 0. The van der Waals surface area contributed by atoms with Gasteiger partial charge in [-0.05, 0) is 18.0 Å². The van der Waals surface area contributed by atoms with E-state index in [4.69, 9.17) is 0 Å². The number of rotatable bonds is 0. The van der Waals surface area contributed by atoms with Crippen molar-refractivity contribution in [3.8, 4) is 0 Å². The van der Waals surface area contributed by atoms with Gasteiger partial charge in [0.25, 0.3) is 0 Å². The minimum absolute atomic E-state index is 0. The fourth-order valence-electron chi connectivity index (χ4n) is 1.03. The molecule has 1 aromatic heterocycles.